The van der Waals surface area contributed by atoms with Gasteiger partial charge in [0.2, 0.25) is 0 Å². The number of esters is 1. The highest BCUT2D eigenvalue weighted by Crippen LogP contribution is 2.51. The standard InChI is InChI=1S/C14H24N2O5/c1-9(2)14(6-7-14)8-15-13(20)16-10(12(18)19)4-5-11(17)21-3/h9-10H,4-8H2,1-3H3,(H,18,19)(H2,15,16,20)/t10-/m0/s1. The number of urea groups is 1. The van der Waals surface area contributed by atoms with Gasteiger partial charge >= 0.3 is 18.0 Å². The van der Waals surface area contributed by atoms with E-state index in [1.807, 2.05) is 0 Å². The zero-order valence-corrected chi connectivity index (χ0v) is 12.8. The highest BCUT2D eigenvalue weighted by Gasteiger charge is 2.45. The molecule has 0 aromatic carbocycles. The molecule has 21 heavy (non-hydrogen) atoms. The lowest BCUT2D eigenvalue weighted by atomic mass is 9.92. The summed E-state index contributed by atoms with van der Waals surface area (Å²) in [5, 5.41) is 14.1. The Balaban J connectivity index is 2.38. The number of rotatable bonds is 8. The molecule has 0 aliphatic heterocycles. The third-order valence-corrected chi connectivity index (χ3v) is 4.19. The maximum atomic E-state index is 11.8. The zero-order chi connectivity index (χ0) is 16.0. The van der Waals surface area contributed by atoms with Crippen molar-refractivity contribution in [3.05, 3.63) is 0 Å². The minimum atomic E-state index is -1.17. The second-order valence-corrected chi connectivity index (χ2v) is 5.85. The molecule has 0 aromatic heterocycles. The van der Waals surface area contributed by atoms with E-state index in [2.05, 4.69) is 29.2 Å². The van der Waals surface area contributed by atoms with Crippen molar-refractivity contribution in [1.82, 2.24) is 10.6 Å². The van der Waals surface area contributed by atoms with Crippen LogP contribution in [0.1, 0.15) is 39.5 Å². The van der Waals surface area contributed by atoms with E-state index in [0.717, 1.165) is 12.8 Å². The molecule has 1 rings (SSSR count). The summed E-state index contributed by atoms with van der Waals surface area (Å²) in [6, 6.07) is -1.61. The lowest BCUT2D eigenvalue weighted by molar-refractivity contribution is -0.142. The van der Waals surface area contributed by atoms with Gasteiger partial charge in [0.1, 0.15) is 6.04 Å². The molecule has 120 valence electrons. The summed E-state index contributed by atoms with van der Waals surface area (Å²) in [4.78, 5) is 33.9. The molecule has 0 aromatic rings. The molecule has 1 atom stereocenters. The van der Waals surface area contributed by atoms with Gasteiger partial charge in [-0.3, -0.25) is 4.79 Å². The smallest absolute Gasteiger partial charge is 0.326 e. The van der Waals surface area contributed by atoms with Crippen molar-refractivity contribution in [2.24, 2.45) is 11.3 Å². The van der Waals surface area contributed by atoms with Crippen molar-refractivity contribution in [1.29, 1.82) is 0 Å². The lowest BCUT2D eigenvalue weighted by Gasteiger charge is -2.21. The summed E-state index contributed by atoms with van der Waals surface area (Å²) >= 11 is 0. The minimum absolute atomic E-state index is 0.00471. The van der Waals surface area contributed by atoms with E-state index in [4.69, 9.17) is 5.11 Å². The van der Waals surface area contributed by atoms with Crippen LogP contribution >= 0.6 is 0 Å². The van der Waals surface area contributed by atoms with Crippen LogP contribution in [-0.4, -0.2) is 42.8 Å². The fourth-order valence-corrected chi connectivity index (χ4v) is 2.21. The molecular formula is C14H24N2O5. The lowest BCUT2D eigenvalue weighted by Crippen LogP contribution is -2.47. The molecule has 1 saturated carbocycles. The quantitative estimate of drug-likeness (QED) is 0.583. The SMILES string of the molecule is COC(=O)CC[C@H](NC(=O)NCC1(C(C)C)CC1)C(=O)O. The van der Waals surface area contributed by atoms with Crippen LogP contribution in [0.3, 0.4) is 0 Å². The van der Waals surface area contributed by atoms with Crippen molar-refractivity contribution in [2.75, 3.05) is 13.7 Å². The normalized spacial score (nSPS) is 17.0. The maximum absolute atomic E-state index is 11.8. The van der Waals surface area contributed by atoms with E-state index in [0.29, 0.717) is 12.5 Å². The predicted octanol–water partition coefficient (Wildman–Crippen LogP) is 1.13. The fraction of sp³-hybridized carbons (Fsp3) is 0.786. The van der Waals surface area contributed by atoms with E-state index in [9.17, 15) is 14.4 Å². The summed E-state index contributed by atoms with van der Waals surface area (Å²) < 4.78 is 4.45. The number of hydrogen-bond donors (Lipinski definition) is 3. The Kier molecular flexibility index (Phi) is 5.99. The van der Waals surface area contributed by atoms with Gasteiger partial charge in [0, 0.05) is 13.0 Å². The third-order valence-electron chi connectivity index (χ3n) is 4.19. The Hall–Kier alpha value is -1.79. The van der Waals surface area contributed by atoms with Gasteiger partial charge in [-0.25, -0.2) is 9.59 Å². The zero-order valence-electron chi connectivity index (χ0n) is 12.8. The second-order valence-electron chi connectivity index (χ2n) is 5.85. The van der Waals surface area contributed by atoms with Gasteiger partial charge < -0.3 is 20.5 Å². The Labute approximate surface area is 124 Å². The Morgan fingerprint density at radius 2 is 1.90 bits per heavy atom. The first kappa shape index (κ1) is 17.3. The van der Waals surface area contributed by atoms with Crippen molar-refractivity contribution in [2.45, 2.75) is 45.6 Å². The maximum Gasteiger partial charge on any atom is 0.326 e. The molecular weight excluding hydrogens is 276 g/mol. The largest absolute Gasteiger partial charge is 0.480 e. The van der Waals surface area contributed by atoms with Crippen LogP contribution in [0, 0.1) is 11.3 Å². The average molecular weight is 300 g/mol. The van der Waals surface area contributed by atoms with Crippen molar-refractivity contribution >= 4 is 18.0 Å². The summed E-state index contributed by atoms with van der Waals surface area (Å²) in [5.74, 6) is -1.19. The van der Waals surface area contributed by atoms with Crippen LogP contribution in [0.4, 0.5) is 4.79 Å². The molecule has 7 nitrogen and oxygen atoms in total. The Morgan fingerprint density at radius 3 is 2.33 bits per heavy atom. The number of methoxy groups -OCH3 is 1. The van der Waals surface area contributed by atoms with E-state index < -0.39 is 24.0 Å². The molecule has 7 heteroatoms. The predicted molar refractivity (Wildman–Crippen MR) is 75.7 cm³/mol. The molecule has 1 fully saturated rings. The minimum Gasteiger partial charge on any atom is -0.480 e. The van der Waals surface area contributed by atoms with Gasteiger partial charge in [-0.05, 0) is 30.6 Å². The number of carbonyl (C=O) groups excluding carboxylic acids is 2. The van der Waals surface area contributed by atoms with Gasteiger partial charge in [0.05, 0.1) is 7.11 Å². The summed E-state index contributed by atoms with van der Waals surface area (Å²) in [6.07, 6.45) is 2.11. The van der Waals surface area contributed by atoms with Crippen LogP contribution in [-0.2, 0) is 14.3 Å². The number of ether oxygens (including phenoxy) is 1. The van der Waals surface area contributed by atoms with Crippen molar-refractivity contribution in [3.63, 3.8) is 0 Å². The molecule has 3 N–H and O–H groups in total. The first-order valence-electron chi connectivity index (χ1n) is 7.15. The summed E-state index contributed by atoms with van der Waals surface area (Å²) in [6.45, 7) is 4.77. The molecule has 0 unspecified atom stereocenters. The van der Waals surface area contributed by atoms with E-state index in [-0.39, 0.29) is 18.3 Å². The number of nitrogens with one attached hydrogen (secondary N) is 2. The van der Waals surface area contributed by atoms with E-state index >= 15 is 0 Å². The fourth-order valence-electron chi connectivity index (χ4n) is 2.21. The highest BCUT2D eigenvalue weighted by molar-refractivity contribution is 5.83. The van der Waals surface area contributed by atoms with Gasteiger partial charge in [0.15, 0.2) is 0 Å². The van der Waals surface area contributed by atoms with Crippen LogP contribution in [0.25, 0.3) is 0 Å². The van der Waals surface area contributed by atoms with Gasteiger partial charge in [0.25, 0.3) is 0 Å². The number of carboxylic acids is 1. The van der Waals surface area contributed by atoms with Crippen molar-refractivity contribution in [3.8, 4) is 0 Å². The van der Waals surface area contributed by atoms with Gasteiger partial charge in [-0.2, -0.15) is 0 Å². The molecule has 2 amide bonds. The molecule has 1 aliphatic rings. The van der Waals surface area contributed by atoms with Crippen LogP contribution < -0.4 is 10.6 Å². The topological polar surface area (TPSA) is 105 Å². The van der Waals surface area contributed by atoms with E-state index in [1.165, 1.54) is 7.11 Å². The molecule has 0 saturated heterocycles. The molecule has 0 radical (unpaired) electrons. The van der Waals surface area contributed by atoms with Crippen LogP contribution in [0.15, 0.2) is 0 Å². The first-order chi connectivity index (χ1) is 9.80. The highest BCUT2D eigenvalue weighted by atomic mass is 16.5. The molecule has 0 spiro atoms. The van der Waals surface area contributed by atoms with E-state index in [1.54, 1.807) is 0 Å². The second kappa shape index (κ2) is 7.28. The summed E-state index contributed by atoms with van der Waals surface area (Å²) in [7, 11) is 1.24. The third kappa shape index (κ3) is 5.24. The van der Waals surface area contributed by atoms with Gasteiger partial charge in [-0.1, -0.05) is 13.8 Å². The number of carbonyl (C=O) groups is 3. The number of carboxylic acid groups (broad SMARTS) is 1. The summed E-state index contributed by atoms with van der Waals surface area (Å²) in [5.41, 5.74) is 0.155. The Morgan fingerprint density at radius 1 is 1.29 bits per heavy atom. The first-order valence-corrected chi connectivity index (χ1v) is 7.15. The number of hydrogen-bond acceptors (Lipinski definition) is 4. The van der Waals surface area contributed by atoms with Crippen LogP contribution in [0.5, 0.6) is 0 Å². The number of aliphatic carboxylic acids is 1. The molecule has 0 heterocycles. The average Bonchev–Trinajstić information content (AvgIpc) is 3.21. The monoisotopic (exact) mass is 300 g/mol. The Bertz CT molecular complexity index is 404. The van der Waals surface area contributed by atoms with Crippen molar-refractivity contribution < 1.29 is 24.2 Å². The number of amides is 2. The molecule has 0 bridgehead atoms. The van der Waals surface area contributed by atoms with Gasteiger partial charge in [-0.15, -0.1) is 0 Å². The van der Waals surface area contributed by atoms with Crippen LogP contribution in [0.2, 0.25) is 0 Å². The molecule has 1 aliphatic carbocycles.